The molecular formula is C21H35IN4. The minimum atomic E-state index is 0. The first-order valence-corrected chi connectivity index (χ1v) is 10.0. The van der Waals surface area contributed by atoms with Gasteiger partial charge in [-0.25, -0.2) is 0 Å². The number of hydrogen-bond donors (Lipinski definition) is 2. The molecule has 2 N–H and O–H groups in total. The molecule has 2 fully saturated rings. The van der Waals surface area contributed by atoms with Crippen LogP contribution in [0.4, 0.5) is 0 Å². The summed E-state index contributed by atoms with van der Waals surface area (Å²) >= 11 is 0. The lowest BCUT2D eigenvalue weighted by Crippen LogP contribution is -2.50. The Kier molecular flexibility index (Phi) is 9.19. The van der Waals surface area contributed by atoms with Crippen LogP contribution in [0.2, 0.25) is 0 Å². The molecule has 1 aliphatic heterocycles. The molecule has 2 aliphatic rings. The number of rotatable bonds is 5. The van der Waals surface area contributed by atoms with E-state index in [-0.39, 0.29) is 24.0 Å². The summed E-state index contributed by atoms with van der Waals surface area (Å²) in [5.41, 5.74) is 2.69. The van der Waals surface area contributed by atoms with Gasteiger partial charge in [0.15, 0.2) is 5.96 Å². The van der Waals surface area contributed by atoms with Crippen LogP contribution in [0.1, 0.15) is 49.7 Å². The second kappa shape index (κ2) is 11.1. The van der Waals surface area contributed by atoms with Gasteiger partial charge in [-0.05, 0) is 44.6 Å². The maximum atomic E-state index is 4.40. The fraction of sp³-hybridized carbons (Fsp3) is 0.667. The van der Waals surface area contributed by atoms with Gasteiger partial charge in [0.25, 0.3) is 0 Å². The summed E-state index contributed by atoms with van der Waals surface area (Å²) in [5, 5.41) is 7.10. The first-order valence-electron chi connectivity index (χ1n) is 10.0. The number of piperidine rings is 1. The molecule has 26 heavy (non-hydrogen) atoms. The minimum absolute atomic E-state index is 0. The van der Waals surface area contributed by atoms with Crippen LogP contribution in [0.15, 0.2) is 29.3 Å². The molecule has 0 bridgehead atoms. The van der Waals surface area contributed by atoms with Gasteiger partial charge >= 0.3 is 0 Å². The Labute approximate surface area is 176 Å². The summed E-state index contributed by atoms with van der Waals surface area (Å²) in [4.78, 5) is 7.13. The summed E-state index contributed by atoms with van der Waals surface area (Å²) in [6, 6.07) is 10.2. The minimum Gasteiger partial charge on any atom is -0.356 e. The van der Waals surface area contributed by atoms with E-state index >= 15 is 0 Å². The van der Waals surface area contributed by atoms with Gasteiger partial charge in [0, 0.05) is 38.8 Å². The van der Waals surface area contributed by atoms with E-state index in [1.54, 1.807) is 0 Å². The van der Waals surface area contributed by atoms with Crippen molar-refractivity contribution in [2.45, 2.75) is 64.0 Å². The zero-order valence-corrected chi connectivity index (χ0v) is 18.7. The number of nitrogens with one attached hydrogen (secondary N) is 2. The van der Waals surface area contributed by atoms with Crippen LogP contribution in [0.3, 0.4) is 0 Å². The van der Waals surface area contributed by atoms with Gasteiger partial charge in [-0.15, -0.1) is 24.0 Å². The third-order valence-electron chi connectivity index (χ3n) is 5.76. The molecule has 1 aromatic carbocycles. The molecule has 1 saturated heterocycles. The number of aliphatic imine (C=N–C) groups is 1. The molecule has 1 heterocycles. The van der Waals surface area contributed by atoms with E-state index in [0.29, 0.717) is 6.04 Å². The van der Waals surface area contributed by atoms with E-state index in [2.05, 4.69) is 51.7 Å². The summed E-state index contributed by atoms with van der Waals surface area (Å²) in [7, 11) is 1.87. The highest BCUT2D eigenvalue weighted by Crippen LogP contribution is 2.26. The van der Waals surface area contributed by atoms with E-state index in [1.165, 1.54) is 62.7 Å². The second-order valence-electron chi connectivity index (χ2n) is 7.63. The predicted octanol–water partition coefficient (Wildman–Crippen LogP) is 3.73. The molecule has 1 aliphatic carbocycles. The molecule has 1 aromatic rings. The SMILES string of the molecule is CN=C(NCCc1ccc(C)cc1)NC1CCN(C2CCCC2)CC1.I. The van der Waals surface area contributed by atoms with Gasteiger partial charge in [0.2, 0.25) is 0 Å². The molecule has 5 heteroatoms. The average molecular weight is 470 g/mol. The number of nitrogens with zero attached hydrogens (tertiary/aromatic N) is 2. The van der Waals surface area contributed by atoms with Crippen molar-refractivity contribution in [1.29, 1.82) is 0 Å². The zero-order chi connectivity index (χ0) is 17.5. The van der Waals surface area contributed by atoms with Crippen LogP contribution >= 0.6 is 24.0 Å². The molecule has 1 saturated carbocycles. The highest BCUT2D eigenvalue weighted by molar-refractivity contribution is 14.0. The molecule has 146 valence electrons. The van der Waals surface area contributed by atoms with Gasteiger partial charge in [-0.2, -0.15) is 0 Å². The number of hydrogen-bond acceptors (Lipinski definition) is 2. The number of halogens is 1. The third kappa shape index (κ3) is 6.41. The summed E-state index contributed by atoms with van der Waals surface area (Å²) in [6.07, 6.45) is 9.19. The maximum absolute atomic E-state index is 4.40. The second-order valence-corrected chi connectivity index (χ2v) is 7.63. The summed E-state index contributed by atoms with van der Waals surface area (Å²) < 4.78 is 0. The Morgan fingerprint density at radius 2 is 1.73 bits per heavy atom. The van der Waals surface area contributed by atoms with Crippen LogP contribution in [-0.2, 0) is 6.42 Å². The normalized spacial score (nSPS) is 20.0. The Hall–Kier alpha value is -0.820. The number of aryl methyl sites for hydroxylation is 1. The summed E-state index contributed by atoms with van der Waals surface area (Å²) in [5.74, 6) is 0.950. The van der Waals surface area contributed by atoms with E-state index < -0.39 is 0 Å². The quantitative estimate of drug-likeness (QED) is 0.392. The Morgan fingerprint density at radius 3 is 2.35 bits per heavy atom. The predicted molar refractivity (Wildman–Crippen MR) is 122 cm³/mol. The van der Waals surface area contributed by atoms with Crippen molar-refractivity contribution in [1.82, 2.24) is 15.5 Å². The van der Waals surface area contributed by atoms with Crippen LogP contribution in [0, 0.1) is 6.92 Å². The molecule has 0 spiro atoms. The fourth-order valence-corrected chi connectivity index (χ4v) is 4.15. The maximum Gasteiger partial charge on any atom is 0.191 e. The monoisotopic (exact) mass is 470 g/mol. The highest BCUT2D eigenvalue weighted by atomic mass is 127. The van der Waals surface area contributed by atoms with E-state index in [4.69, 9.17) is 0 Å². The molecule has 0 radical (unpaired) electrons. The molecular weight excluding hydrogens is 435 g/mol. The standard InChI is InChI=1S/C21H34N4.HI/c1-17-7-9-18(10-8-17)11-14-23-21(22-2)24-19-12-15-25(16-13-19)20-5-3-4-6-20;/h7-10,19-20H,3-6,11-16H2,1-2H3,(H2,22,23,24);1H. The van der Waals surface area contributed by atoms with Crippen LogP contribution in [0.25, 0.3) is 0 Å². The molecule has 0 unspecified atom stereocenters. The molecule has 0 aromatic heterocycles. The van der Waals surface area contributed by atoms with Crippen molar-refractivity contribution in [3.63, 3.8) is 0 Å². The van der Waals surface area contributed by atoms with Gasteiger partial charge in [0.1, 0.15) is 0 Å². The highest BCUT2D eigenvalue weighted by Gasteiger charge is 2.27. The van der Waals surface area contributed by atoms with Gasteiger partial charge < -0.3 is 15.5 Å². The van der Waals surface area contributed by atoms with Crippen LogP contribution in [0.5, 0.6) is 0 Å². The van der Waals surface area contributed by atoms with Crippen molar-refractivity contribution in [2.75, 3.05) is 26.7 Å². The lowest BCUT2D eigenvalue weighted by atomic mass is 10.0. The van der Waals surface area contributed by atoms with Crippen molar-refractivity contribution in [3.05, 3.63) is 35.4 Å². The smallest absolute Gasteiger partial charge is 0.191 e. The number of likely N-dealkylation sites (tertiary alicyclic amines) is 1. The average Bonchev–Trinajstić information content (AvgIpc) is 3.18. The van der Waals surface area contributed by atoms with Crippen molar-refractivity contribution < 1.29 is 0 Å². The fourth-order valence-electron chi connectivity index (χ4n) is 4.15. The van der Waals surface area contributed by atoms with Crippen LogP contribution < -0.4 is 10.6 Å². The lowest BCUT2D eigenvalue weighted by molar-refractivity contribution is 0.150. The van der Waals surface area contributed by atoms with Crippen molar-refractivity contribution in [2.24, 2.45) is 4.99 Å². The summed E-state index contributed by atoms with van der Waals surface area (Å²) in [6.45, 7) is 5.53. The largest absolute Gasteiger partial charge is 0.356 e. The topological polar surface area (TPSA) is 39.7 Å². The van der Waals surface area contributed by atoms with Crippen LogP contribution in [-0.4, -0.2) is 49.6 Å². The van der Waals surface area contributed by atoms with Gasteiger partial charge in [-0.1, -0.05) is 42.7 Å². The number of benzene rings is 1. The zero-order valence-electron chi connectivity index (χ0n) is 16.3. The van der Waals surface area contributed by atoms with Gasteiger partial charge in [0.05, 0.1) is 0 Å². The first-order chi connectivity index (χ1) is 12.2. The van der Waals surface area contributed by atoms with Crippen molar-refractivity contribution >= 4 is 29.9 Å². The Morgan fingerprint density at radius 1 is 1.08 bits per heavy atom. The third-order valence-corrected chi connectivity index (χ3v) is 5.76. The Balaban J connectivity index is 0.00000243. The molecule has 0 atom stereocenters. The molecule has 4 nitrogen and oxygen atoms in total. The first kappa shape index (κ1) is 21.5. The lowest BCUT2D eigenvalue weighted by Gasteiger charge is -2.36. The van der Waals surface area contributed by atoms with Gasteiger partial charge in [-0.3, -0.25) is 4.99 Å². The number of guanidine groups is 1. The van der Waals surface area contributed by atoms with E-state index in [1.807, 2.05) is 7.05 Å². The van der Waals surface area contributed by atoms with E-state index in [9.17, 15) is 0 Å². The van der Waals surface area contributed by atoms with E-state index in [0.717, 1.165) is 25.0 Å². The molecule has 3 rings (SSSR count). The Bertz CT molecular complexity index is 544. The van der Waals surface area contributed by atoms with Crippen molar-refractivity contribution in [3.8, 4) is 0 Å². The molecule has 0 amide bonds.